The Morgan fingerprint density at radius 1 is 0.240 bits per heavy atom. The van der Waals surface area contributed by atoms with Crippen LogP contribution in [0.1, 0.15) is 137 Å². The standard InChI is InChI=1S/C20H38O8.C18H34O8.2C15H28O8/c1-9-11(21)14(24)16(17(26-9)20(5,6)7)28-18-15(25)13(23)12(22)10(27-18)8-19(2,3)4;1-8-12(20)9(2)24-11(7-19)16(8)26-17-15(23)14(22)13(21)10(25-17)6-18(3,4)5;2*1-6-9(4-16)22-15(13(20)12(6)19)23-14-7(2)11(18)8(3)21-10(14)5-17/h9-18,21-25H,8H2,1-7H3;8-17,19-23H,6-7H2,1-5H3;2*6-20H,4-5H2,1-3H3/t9?,10?,11-,12+,13+,14-,15?,16?,17+,18-;8-,9+,10-,11-,12-,13-,14+,15-,16+,17+;6-,7+,8-,9+,10+,11+,12-,13+,14-,15-;6-,7-,8+,9-,10-,11-,12+,13-,14+,15+/m0101/s1. The van der Waals surface area contributed by atoms with Crippen molar-refractivity contribution in [2.45, 2.75) is 352 Å². The van der Waals surface area contributed by atoms with Gasteiger partial charge in [-0.3, -0.25) is 0 Å². The van der Waals surface area contributed by atoms with E-state index in [0.29, 0.717) is 12.8 Å². The van der Waals surface area contributed by atoms with E-state index in [4.69, 9.17) is 56.8 Å². The summed E-state index contributed by atoms with van der Waals surface area (Å²) in [5, 5.41) is 201. The molecule has 0 saturated carbocycles. The van der Waals surface area contributed by atoms with Crippen molar-refractivity contribution in [3.63, 3.8) is 0 Å². The van der Waals surface area contributed by atoms with E-state index in [1.54, 1.807) is 62.3 Å². The van der Waals surface area contributed by atoms with Crippen LogP contribution in [0.4, 0.5) is 0 Å². The fraction of sp³-hybridized carbons (Fsp3) is 1.00. The van der Waals surface area contributed by atoms with Crippen LogP contribution in [0.25, 0.3) is 0 Å². The quantitative estimate of drug-likeness (QED) is 0.0743. The second-order valence-corrected chi connectivity index (χ2v) is 32.4. The van der Waals surface area contributed by atoms with Crippen molar-refractivity contribution < 1.29 is 159 Å². The van der Waals surface area contributed by atoms with E-state index in [9.17, 15) is 102 Å². The maximum Gasteiger partial charge on any atom is 0.187 e. The maximum atomic E-state index is 10.6. The molecular weight excluding hydrogens is 1330 g/mol. The van der Waals surface area contributed by atoms with Crippen LogP contribution < -0.4 is 0 Å². The minimum absolute atomic E-state index is 0.168. The lowest BCUT2D eigenvalue weighted by atomic mass is 9.80. The lowest BCUT2D eigenvalue weighted by Gasteiger charge is -2.49. The number of rotatable bonds is 15. The topological polar surface area (TPSA) is 515 Å². The van der Waals surface area contributed by atoms with Crippen LogP contribution in [0.15, 0.2) is 0 Å². The first-order valence-electron chi connectivity index (χ1n) is 35.3. The molecule has 0 aromatic heterocycles. The van der Waals surface area contributed by atoms with Gasteiger partial charge in [-0.25, -0.2) is 0 Å². The van der Waals surface area contributed by atoms with E-state index >= 15 is 0 Å². The van der Waals surface area contributed by atoms with Crippen LogP contribution in [0, 0.1) is 45.8 Å². The molecule has 8 rings (SSSR count). The minimum atomic E-state index is -1.50. The Morgan fingerprint density at radius 3 is 0.750 bits per heavy atom. The molecule has 8 aliphatic rings. The second kappa shape index (κ2) is 37.7. The SMILES string of the molecule is CC1O[C@@H](C(C)(C)C)C(O[C@@H]2OC(CC(C)(C)C)[C@@H](O)[C@@H](O)C2O)[C@@H](O)[C@H]1O.C[C@@H]1[C@@H](O)[C@H](C)O[C@H](CO)[C@H]1O[C@@H]1O[C@H](CC(C)(C)C)[C@@H](O)[C@H](O)[C@H]1O.C[C@@H]1[C@@H](O)[C@H](C)O[C@H](CO)[C@H]1O[C@@H]1O[C@H](CO)[C@@H](C)[C@H](O)[C@H]1O.C[C@@H]1[C@@H](O)[C@H](C)O[C@H](CO)[C@H]1O[C@@H]1O[C@H](CO)[C@H](C)[C@H](O)[C@H]1O. The summed E-state index contributed by atoms with van der Waals surface area (Å²) in [6.45, 7) is 31.5. The summed E-state index contributed by atoms with van der Waals surface area (Å²) in [6, 6.07) is 0. The predicted octanol–water partition coefficient (Wildman–Crippen LogP) is -3.99. The van der Waals surface area contributed by atoms with Gasteiger partial charge in [0.2, 0.25) is 0 Å². The molecule has 592 valence electrons. The predicted molar refractivity (Wildman–Crippen MR) is 350 cm³/mol. The highest BCUT2D eigenvalue weighted by Gasteiger charge is 2.55. The molecule has 0 radical (unpaired) electrons. The smallest absolute Gasteiger partial charge is 0.187 e. The van der Waals surface area contributed by atoms with Crippen molar-refractivity contribution in [3.8, 4) is 0 Å². The summed E-state index contributed by atoms with van der Waals surface area (Å²) in [7, 11) is 0. The van der Waals surface area contributed by atoms with Gasteiger partial charge < -0.3 is 159 Å². The van der Waals surface area contributed by atoms with Gasteiger partial charge in [0.1, 0.15) is 85.5 Å². The number of ether oxygens (including phenoxy) is 12. The van der Waals surface area contributed by atoms with Gasteiger partial charge in [0.05, 0.1) is 137 Å². The lowest BCUT2D eigenvalue weighted by molar-refractivity contribution is -0.345. The number of hydrogen-bond acceptors (Lipinski definition) is 32. The maximum absolute atomic E-state index is 10.6. The third-order valence-electron chi connectivity index (χ3n) is 20.7. The molecule has 8 saturated heterocycles. The Hall–Kier alpha value is -1.28. The molecule has 20 N–H and O–H groups in total. The molecule has 8 fully saturated rings. The van der Waals surface area contributed by atoms with Gasteiger partial charge in [-0.05, 0) is 56.8 Å². The zero-order valence-corrected chi connectivity index (χ0v) is 61.4. The van der Waals surface area contributed by atoms with Crippen molar-refractivity contribution >= 4 is 0 Å². The van der Waals surface area contributed by atoms with Gasteiger partial charge in [-0.15, -0.1) is 0 Å². The zero-order chi connectivity index (χ0) is 76.0. The van der Waals surface area contributed by atoms with Gasteiger partial charge in [0.15, 0.2) is 25.2 Å². The molecule has 8 heterocycles. The minimum Gasteiger partial charge on any atom is -0.394 e. The van der Waals surface area contributed by atoms with Gasteiger partial charge >= 0.3 is 0 Å². The fourth-order valence-electron chi connectivity index (χ4n) is 14.1. The summed E-state index contributed by atoms with van der Waals surface area (Å²) in [5.74, 6) is -2.01. The van der Waals surface area contributed by atoms with Crippen LogP contribution in [-0.2, 0) is 56.8 Å². The molecule has 0 aromatic rings. The molecule has 8 aliphatic heterocycles. The van der Waals surface area contributed by atoms with E-state index in [2.05, 4.69) is 0 Å². The molecule has 0 spiro atoms. The second-order valence-electron chi connectivity index (χ2n) is 32.4. The molecule has 0 aliphatic carbocycles. The molecule has 32 nitrogen and oxygen atoms in total. The molecular formula is C68H128O32. The number of aliphatic hydroxyl groups is 20. The van der Waals surface area contributed by atoms with E-state index in [0.717, 1.165) is 0 Å². The van der Waals surface area contributed by atoms with Gasteiger partial charge in [0.25, 0.3) is 0 Å². The van der Waals surface area contributed by atoms with Crippen molar-refractivity contribution in [1.82, 2.24) is 0 Å². The summed E-state index contributed by atoms with van der Waals surface area (Å²) in [5.41, 5.74) is -0.785. The van der Waals surface area contributed by atoms with E-state index in [-0.39, 0.29) is 61.6 Å². The Morgan fingerprint density at radius 2 is 0.490 bits per heavy atom. The molecule has 4 unspecified atom stereocenters. The van der Waals surface area contributed by atoms with Crippen molar-refractivity contribution in [2.75, 3.05) is 33.0 Å². The lowest BCUT2D eigenvalue weighted by Crippen LogP contribution is -2.65. The Bertz CT molecular complexity index is 2270. The van der Waals surface area contributed by atoms with E-state index < -0.39 is 232 Å². The fourth-order valence-corrected chi connectivity index (χ4v) is 14.1. The first-order chi connectivity index (χ1) is 46.2. The normalized spacial score (nSPS) is 49.0. The van der Waals surface area contributed by atoms with Crippen molar-refractivity contribution in [3.05, 3.63) is 0 Å². The van der Waals surface area contributed by atoms with Gasteiger partial charge in [-0.1, -0.05) is 96.9 Å². The summed E-state index contributed by atoms with van der Waals surface area (Å²) >= 11 is 0. The van der Waals surface area contributed by atoms with Crippen molar-refractivity contribution in [2.24, 2.45) is 45.8 Å². The first-order valence-corrected chi connectivity index (χ1v) is 35.3. The third kappa shape index (κ3) is 22.0. The Labute approximate surface area is 587 Å². The van der Waals surface area contributed by atoms with E-state index in [1.807, 2.05) is 62.3 Å². The molecule has 32 heteroatoms. The summed E-state index contributed by atoms with van der Waals surface area (Å²) in [6.07, 6.45) is -32.4. The molecule has 0 aromatic carbocycles. The average molecular weight is 1460 g/mol. The molecule has 0 amide bonds. The molecule has 100 heavy (non-hydrogen) atoms. The highest BCUT2D eigenvalue weighted by molar-refractivity contribution is 5.01. The largest absolute Gasteiger partial charge is 0.394 e. The van der Waals surface area contributed by atoms with Gasteiger partial charge in [0, 0.05) is 29.6 Å². The van der Waals surface area contributed by atoms with Crippen molar-refractivity contribution in [1.29, 1.82) is 0 Å². The Balaban J connectivity index is 0.000000241. The van der Waals surface area contributed by atoms with Crippen LogP contribution in [-0.4, -0.2) is 350 Å². The number of aliphatic hydroxyl groups excluding tert-OH is 20. The van der Waals surface area contributed by atoms with Crippen LogP contribution in [0.3, 0.4) is 0 Å². The summed E-state index contributed by atoms with van der Waals surface area (Å²) in [4.78, 5) is 0. The van der Waals surface area contributed by atoms with Crippen LogP contribution in [0.2, 0.25) is 0 Å². The molecule has 40 atom stereocenters. The summed E-state index contributed by atoms with van der Waals surface area (Å²) < 4.78 is 68.4. The zero-order valence-electron chi connectivity index (χ0n) is 61.4. The monoisotopic (exact) mass is 1460 g/mol. The first kappa shape index (κ1) is 89.3. The molecule has 0 bridgehead atoms. The van der Waals surface area contributed by atoms with Crippen LogP contribution in [0.5, 0.6) is 0 Å². The Kier molecular flexibility index (Phi) is 33.7. The highest BCUT2D eigenvalue weighted by atomic mass is 16.7. The average Bonchev–Trinajstić information content (AvgIpc) is 0.783. The van der Waals surface area contributed by atoms with Crippen LogP contribution >= 0.6 is 0 Å². The highest BCUT2D eigenvalue weighted by Crippen LogP contribution is 2.41. The third-order valence-corrected chi connectivity index (χ3v) is 20.7. The number of hydrogen-bond donors (Lipinski definition) is 20. The van der Waals surface area contributed by atoms with E-state index in [1.165, 1.54) is 0 Å². The van der Waals surface area contributed by atoms with Gasteiger partial charge in [-0.2, -0.15) is 0 Å².